The summed E-state index contributed by atoms with van der Waals surface area (Å²) in [5, 5.41) is 0. The maximum Gasteiger partial charge on any atom is 0.0320 e. The Morgan fingerprint density at radius 2 is 1.75 bits per heavy atom. The van der Waals surface area contributed by atoms with E-state index in [-0.39, 0.29) is 0 Å². The molecule has 0 radical (unpaired) electrons. The molecule has 0 atom stereocenters. The topological polar surface area (TPSA) is 26.0 Å². The van der Waals surface area contributed by atoms with E-state index in [1.807, 2.05) is 0 Å². The monoisotopic (exact) mass is 215 g/mol. The maximum absolute atomic E-state index is 7.99. The highest BCUT2D eigenvalue weighted by Gasteiger charge is 2.34. The number of rotatable bonds is 0. The van der Waals surface area contributed by atoms with Crippen molar-refractivity contribution in [1.82, 2.24) is 0 Å². The van der Waals surface area contributed by atoms with Crippen LogP contribution in [0.3, 0.4) is 0 Å². The Kier molecular flexibility index (Phi) is 0.909. The minimum Gasteiger partial charge on any atom is -0.399 e. The van der Waals surface area contributed by atoms with Crippen LogP contribution in [0.2, 0.25) is 0 Å². The van der Waals surface area contributed by atoms with Crippen molar-refractivity contribution in [3.63, 3.8) is 0 Å². The molecule has 3 rings (SSSR count). The van der Waals surface area contributed by atoms with E-state index in [0.29, 0.717) is 27.9 Å². The molecule has 0 aliphatic heterocycles. The van der Waals surface area contributed by atoms with Gasteiger partial charge in [0, 0.05) is 19.3 Å². The Labute approximate surface area is 104 Å². The summed E-state index contributed by atoms with van der Waals surface area (Å²) in [7, 11) is 0. The first kappa shape index (κ1) is 5.05. The van der Waals surface area contributed by atoms with Gasteiger partial charge >= 0.3 is 0 Å². The largest absolute Gasteiger partial charge is 0.399 e. The van der Waals surface area contributed by atoms with Crippen LogP contribution in [-0.4, -0.2) is 0 Å². The van der Waals surface area contributed by atoms with Crippen LogP contribution in [0.1, 0.15) is 33.1 Å². The molecule has 0 unspecified atom stereocenters. The third-order valence-electron chi connectivity index (χ3n) is 3.07. The van der Waals surface area contributed by atoms with Crippen molar-refractivity contribution in [1.29, 1.82) is 0 Å². The van der Waals surface area contributed by atoms with E-state index in [2.05, 4.69) is 0 Å². The van der Waals surface area contributed by atoms with Crippen molar-refractivity contribution in [3.05, 3.63) is 53.6 Å². The molecule has 2 aromatic rings. The summed E-state index contributed by atoms with van der Waals surface area (Å²) in [5.74, 6) is 0. The number of nitrogen functional groups attached to an aromatic ring is 1. The van der Waals surface area contributed by atoms with Crippen molar-refractivity contribution < 1.29 is 8.22 Å². The third kappa shape index (κ3) is 1.06. The van der Waals surface area contributed by atoms with Crippen LogP contribution in [0.4, 0.5) is 5.69 Å². The molecular weight excluding hydrogens is 194 g/mol. The third-order valence-corrected chi connectivity index (χ3v) is 3.07. The minimum absolute atomic E-state index is 0.294. The van der Waals surface area contributed by atoms with E-state index in [4.69, 9.17) is 14.0 Å². The van der Waals surface area contributed by atoms with E-state index in [1.165, 1.54) is 6.07 Å². The van der Waals surface area contributed by atoms with Gasteiger partial charge in [0.2, 0.25) is 0 Å². The zero-order chi connectivity index (χ0) is 16.3. The first-order chi connectivity index (χ1) is 10.1. The lowest BCUT2D eigenvalue weighted by molar-refractivity contribution is 0.660. The molecule has 1 aliphatic rings. The fourth-order valence-corrected chi connectivity index (χ4v) is 2.30. The highest BCUT2D eigenvalue weighted by Crippen LogP contribution is 2.48. The molecule has 0 spiro atoms. The van der Waals surface area contributed by atoms with Gasteiger partial charge < -0.3 is 5.73 Å². The summed E-state index contributed by atoms with van der Waals surface area (Å²) in [6.45, 7) is -5.43. The molecule has 16 heavy (non-hydrogen) atoms. The maximum atomic E-state index is 7.99. The molecule has 0 saturated carbocycles. The highest BCUT2D eigenvalue weighted by molar-refractivity contribution is 5.82. The first-order valence-corrected chi connectivity index (χ1v) is 5.10. The van der Waals surface area contributed by atoms with Crippen LogP contribution in [0, 0.1) is 0 Å². The predicted octanol–water partition coefficient (Wildman–Crippen LogP) is 3.58. The summed E-state index contributed by atoms with van der Waals surface area (Å²) in [6.07, 6.45) is 0. The summed E-state index contributed by atoms with van der Waals surface area (Å²) in [4.78, 5) is 0. The summed E-state index contributed by atoms with van der Waals surface area (Å²) < 4.78 is 47.9. The van der Waals surface area contributed by atoms with Crippen LogP contribution >= 0.6 is 0 Å². The van der Waals surface area contributed by atoms with E-state index in [1.54, 1.807) is 36.4 Å². The molecule has 0 saturated heterocycles. The fourth-order valence-electron chi connectivity index (χ4n) is 2.30. The molecular formula is C15H15N. The van der Waals surface area contributed by atoms with Crippen molar-refractivity contribution >= 4 is 5.69 Å². The van der Waals surface area contributed by atoms with E-state index in [0.717, 1.165) is 0 Å². The number of hydrogen-bond acceptors (Lipinski definition) is 1. The van der Waals surface area contributed by atoms with Crippen LogP contribution in [0.15, 0.2) is 42.5 Å². The number of anilines is 1. The molecule has 1 nitrogen and oxygen atoms in total. The molecule has 80 valence electrons. The number of hydrogen-bond donors (Lipinski definition) is 1. The SMILES string of the molecule is [2H]C([2H])([2H])C1(C([2H])([2H])[2H])c2ccccc2-c2cc(N)ccc21. The number of benzene rings is 2. The van der Waals surface area contributed by atoms with Gasteiger partial charge in [0.25, 0.3) is 0 Å². The summed E-state index contributed by atoms with van der Waals surface area (Å²) in [5.41, 5.74) is 6.08. The van der Waals surface area contributed by atoms with Gasteiger partial charge in [-0.15, -0.1) is 0 Å². The lowest BCUT2D eigenvalue weighted by atomic mass is 9.82. The normalized spacial score (nSPS) is 22.8. The minimum atomic E-state index is -2.71. The second-order valence-corrected chi connectivity index (χ2v) is 4.10. The number of nitrogens with two attached hydrogens (primary N) is 1. The zero-order valence-corrected chi connectivity index (χ0v) is 8.62. The van der Waals surface area contributed by atoms with Crippen molar-refractivity contribution in [3.8, 4) is 11.1 Å². The Bertz CT molecular complexity index is 730. The standard InChI is InChI=1S/C15H15N/c1-15(2)13-6-4-3-5-11(13)12-9-10(16)7-8-14(12)15/h3-9H,16H2,1-2H3/i1D3,2D3. The van der Waals surface area contributed by atoms with Crippen molar-refractivity contribution in [2.75, 3.05) is 5.73 Å². The first-order valence-electron chi connectivity index (χ1n) is 8.10. The summed E-state index contributed by atoms with van der Waals surface area (Å²) >= 11 is 0. The highest BCUT2D eigenvalue weighted by atomic mass is 14.5. The Hall–Kier alpha value is -1.76. The van der Waals surface area contributed by atoms with Gasteiger partial charge in [-0.2, -0.15) is 0 Å². The van der Waals surface area contributed by atoms with Crippen molar-refractivity contribution in [2.45, 2.75) is 19.1 Å². The van der Waals surface area contributed by atoms with Gasteiger partial charge in [0.1, 0.15) is 0 Å². The van der Waals surface area contributed by atoms with Gasteiger partial charge in [-0.25, -0.2) is 0 Å². The fraction of sp³-hybridized carbons (Fsp3) is 0.200. The smallest absolute Gasteiger partial charge is 0.0320 e. The molecule has 1 heteroatoms. The van der Waals surface area contributed by atoms with Gasteiger partial charge in [-0.3, -0.25) is 0 Å². The van der Waals surface area contributed by atoms with Crippen molar-refractivity contribution in [2.24, 2.45) is 0 Å². The van der Waals surface area contributed by atoms with E-state index < -0.39 is 19.1 Å². The Balaban J connectivity index is 2.52. The second kappa shape index (κ2) is 2.88. The van der Waals surface area contributed by atoms with Crippen LogP contribution in [0.5, 0.6) is 0 Å². The van der Waals surface area contributed by atoms with E-state index >= 15 is 0 Å². The molecule has 2 aromatic carbocycles. The average molecular weight is 215 g/mol. The van der Waals surface area contributed by atoms with E-state index in [9.17, 15) is 0 Å². The lowest BCUT2D eigenvalue weighted by Gasteiger charge is -2.21. The molecule has 1 aliphatic carbocycles. The molecule has 0 heterocycles. The van der Waals surface area contributed by atoms with Gasteiger partial charge in [0.15, 0.2) is 0 Å². The van der Waals surface area contributed by atoms with Crippen LogP contribution in [0.25, 0.3) is 11.1 Å². The zero-order valence-electron chi connectivity index (χ0n) is 14.6. The predicted molar refractivity (Wildman–Crippen MR) is 68.4 cm³/mol. The average Bonchev–Trinajstić information content (AvgIpc) is 2.68. The molecule has 0 fully saturated rings. The van der Waals surface area contributed by atoms with Gasteiger partial charge in [-0.05, 0) is 34.4 Å². The van der Waals surface area contributed by atoms with Gasteiger partial charge in [0.05, 0.1) is 0 Å². The second-order valence-electron chi connectivity index (χ2n) is 4.10. The van der Waals surface area contributed by atoms with Crippen LogP contribution in [-0.2, 0) is 5.41 Å². The molecule has 2 N–H and O–H groups in total. The molecule has 0 aromatic heterocycles. The Morgan fingerprint density at radius 1 is 1.00 bits per heavy atom. The van der Waals surface area contributed by atoms with Crippen LogP contribution < -0.4 is 5.73 Å². The van der Waals surface area contributed by atoms with Gasteiger partial charge in [-0.1, -0.05) is 44.0 Å². The summed E-state index contributed by atoms with van der Waals surface area (Å²) in [6, 6.07) is 11.5. The quantitative estimate of drug-likeness (QED) is 0.668. The lowest BCUT2D eigenvalue weighted by Crippen LogP contribution is -2.14. The molecule has 0 amide bonds. The molecule has 0 bridgehead atoms. The number of fused-ring (bicyclic) bond motifs is 3. The Morgan fingerprint density at radius 3 is 2.56 bits per heavy atom.